The van der Waals surface area contributed by atoms with Gasteiger partial charge >= 0.3 is 11.9 Å². The van der Waals surface area contributed by atoms with Gasteiger partial charge in [-0.25, -0.2) is 18.0 Å². The molecule has 0 radical (unpaired) electrons. The predicted molar refractivity (Wildman–Crippen MR) is 88.1 cm³/mol. The molecule has 1 aliphatic rings. The second kappa shape index (κ2) is 8.76. The third kappa shape index (κ3) is 7.07. The molecule has 0 spiro atoms. The third-order valence-corrected chi connectivity index (χ3v) is 4.78. The third-order valence-electron chi connectivity index (χ3n) is 3.47. The van der Waals surface area contributed by atoms with E-state index in [9.17, 15) is 8.42 Å². The molecule has 2 rings (SSSR count). The van der Waals surface area contributed by atoms with Crippen LogP contribution >= 0.6 is 0 Å². The van der Waals surface area contributed by atoms with Crippen LogP contribution in [-0.4, -0.2) is 72.2 Å². The van der Waals surface area contributed by atoms with Crippen LogP contribution < -0.4 is 0 Å². The molecule has 134 valence electrons. The number of piperazine rings is 1. The summed E-state index contributed by atoms with van der Waals surface area (Å²) in [7, 11) is -3.02. The van der Waals surface area contributed by atoms with Gasteiger partial charge in [0.1, 0.15) is 0 Å². The lowest BCUT2D eigenvalue weighted by Gasteiger charge is -2.33. The van der Waals surface area contributed by atoms with E-state index in [0.717, 1.165) is 19.6 Å². The summed E-state index contributed by atoms with van der Waals surface area (Å²) in [6.07, 6.45) is 1.28. The summed E-state index contributed by atoms with van der Waals surface area (Å²) >= 11 is 0. The molecule has 1 aliphatic heterocycles. The molecule has 0 aromatic heterocycles. The van der Waals surface area contributed by atoms with Crippen molar-refractivity contribution in [1.82, 2.24) is 9.21 Å². The van der Waals surface area contributed by atoms with Gasteiger partial charge in [0.25, 0.3) is 0 Å². The van der Waals surface area contributed by atoms with E-state index >= 15 is 0 Å². The van der Waals surface area contributed by atoms with E-state index < -0.39 is 22.0 Å². The summed E-state index contributed by atoms with van der Waals surface area (Å²) in [6.45, 7) is 5.81. The Morgan fingerprint density at radius 2 is 1.62 bits per heavy atom. The van der Waals surface area contributed by atoms with Crippen molar-refractivity contribution in [3.8, 4) is 0 Å². The SMILES string of the molecule is Cc1cccc(CN2CCN(S(C)(=O)=O)CC2)c1.O=C(O)C(=O)O. The number of rotatable bonds is 3. The van der Waals surface area contributed by atoms with E-state index in [0.29, 0.717) is 13.1 Å². The van der Waals surface area contributed by atoms with Crippen LogP contribution in [0, 0.1) is 6.92 Å². The van der Waals surface area contributed by atoms with Crippen molar-refractivity contribution in [1.29, 1.82) is 0 Å². The van der Waals surface area contributed by atoms with Crippen molar-refractivity contribution in [2.75, 3.05) is 32.4 Å². The lowest BCUT2D eigenvalue weighted by Crippen LogP contribution is -2.47. The fourth-order valence-corrected chi connectivity index (χ4v) is 3.11. The van der Waals surface area contributed by atoms with Crippen molar-refractivity contribution in [3.05, 3.63) is 35.4 Å². The first-order valence-electron chi connectivity index (χ1n) is 7.29. The quantitative estimate of drug-likeness (QED) is 0.743. The van der Waals surface area contributed by atoms with E-state index in [1.165, 1.54) is 17.4 Å². The summed E-state index contributed by atoms with van der Waals surface area (Å²) in [5, 5.41) is 14.8. The Labute approximate surface area is 141 Å². The van der Waals surface area contributed by atoms with E-state index in [1.54, 1.807) is 4.31 Å². The summed E-state index contributed by atoms with van der Waals surface area (Å²) in [5.41, 5.74) is 2.56. The number of benzene rings is 1. The fourth-order valence-electron chi connectivity index (χ4n) is 2.29. The van der Waals surface area contributed by atoms with E-state index in [-0.39, 0.29) is 0 Å². The number of aliphatic carboxylic acids is 2. The minimum absolute atomic E-state index is 0.602. The van der Waals surface area contributed by atoms with Gasteiger partial charge in [-0.2, -0.15) is 4.31 Å². The van der Waals surface area contributed by atoms with E-state index in [4.69, 9.17) is 19.8 Å². The molecule has 1 aromatic carbocycles. The number of carbonyl (C=O) groups is 2. The van der Waals surface area contributed by atoms with E-state index in [2.05, 4.69) is 36.1 Å². The molecule has 1 fully saturated rings. The number of nitrogens with zero attached hydrogens (tertiary/aromatic N) is 2. The van der Waals surface area contributed by atoms with Gasteiger partial charge in [0.15, 0.2) is 0 Å². The fraction of sp³-hybridized carbons (Fsp3) is 0.467. The van der Waals surface area contributed by atoms with Crippen molar-refractivity contribution >= 4 is 22.0 Å². The van der Waals surface area contributed by atoms with Gasteiger partial charge in [0, 0.05) is 32.7 Å². The van der Waals surface area contributed by atoms with Gasteiger partial charge in [-0.1, -0.05) is 29.8 Å². The van der Waals surface area contributed by atoms with Gasteiger partial charge in [-0.15, -0.1) is 0 Å². The molecule has 0 atom stereocenters. The van der Waals surface area contributed by atoms with Crippen LogP contribution in [0.3, 0.4) is 0 Å². The Hall–Kier alpha value is -1.97. The molecule has 0 unspecified atom stereocenters. The molecule has 1 aromatic rings. The van der Waals surface area contributed by atoms with Gasteiger partial charge in [0.05, 0.1) is 6.26 Å². The molecule has 2 N–H and O–H groups in total. The topological polar surface area (TPSA) is 115 Å². The zero-order valence-electron chi connectivity index (χ0n) is 13.7. The number of carboxylic acid groups (broad SMARTS) is 2. The van der Waals surface area contributed by atoms with Crippen LogP contribution in [0.2, 0.25) is 0 Å². The Morgan fingerprint density at radius 1 is 1.08 bits per heavy atom. The van der Waals surface area contributed by atoms with Crippen molar-refractivity contribution in [3.63, 3.8) is 0 Å². The van der Waals surface area contributed by atoms with Crippen LogP contribution in [0.4, 0.5) is 0 Å². The highest BCUT2D eigenvalue weighted by Crippen LogP contribution is 2.11. The summed E-state index contributed by atoms with van der Waals surface area (Å²) in [6, 6.07) is 8.46. The highest BCUT2D eigenvalue weighted by atomic mass is 32.2. The Balaban J connectivity index is 0.000000413. The Kier molecular flexibility index (Phi) is 7.33. The monoisotopic (exact) mass is 358 g/mol. The maximum atomic E-state index is 11.4. The lowest BCUT2D eigenvalue weighted by atomic mass is 10.1. The van der Waals surface area contributed by atoms with Crippen LogP contribution in [0.5, 0.6) is 0 Å². The van der Waals surface area contributed by atoms with Gasteiger partial charge in [0.2, 0.25) is 10.0 Å². The normalized spacial score (nSPS) is 16.1. The van der Waals surface area contributed by atoms with E-state index in [1.807, 2.05) is 0 Å². The highest BCUT2D eigenvalue weighted by molar-refractivity contribution is 7.88. The molecular weight excluding hydrogens is 336 g/mol. The van der Waals surface area contributed by atoms with Crippen molar-refractivity contribution in [2.24, 2.45) is 0 Å². The standard InChI is InChI=1S/C13H20N2O2S.C2H2O4/c1-12-4-3-5-13(10-12)11-14-6-8-15(9-7-14)18(2,16)17;3-1(4)2(5)6/h3-5,10H,6-9,11H2,1-2H3;(H,3,4)(H,5,6). The molecule has 1 heterocycles. The second-order valence-corrected chi connectivity index (χ2v) is 7.52. The van der Waals surface area contributed by atoms with Crippen molar-refractivity contribution in [2.45, 2.75) is 13.5 Å². The highest BCUT2D eigenvalue weighted by Gasteiger charge is 2.23. The maximum absolute atomic E-state index is 11.4. The first-order chi connectivity index (χ1) is 11.1. The average molecular weight is 358 g/mol. The largest absolute Gasteiger partial charge is 0.473 e. The zero-order chi connectivity index (χ0) is 18.3. The smallest absolute Gasteiger partial charge is 0.414 e. The number of hydrogen-bond donors (Lipinski definition) is 2. The summed E-state index contributed by atoms with van der Waals surface area (Å²) in [4.78, 5) is 20.5. The molecule has 8 nitrogen and oxygen atoms in total. The van der Waals surface area contributed by atoms with Gasteiger partial charge < -0.3 is 10.2 Å². The molecule has 0 amide bonds. The molecule has 9 heteroatoms. The first kappa shape index (κ1) is 20.1. The lowest BCUT2D eigenvalue weighted by molar-refractivity contribution is -0.159. The van der Waals surface area contributed by atoms with Crippen molar-refractivity contribution < 1.29 is 28.2 Å². The average Bonchev–Trinajstić information content (AvgIpc) is 2.47. The van der Waals surface area contributed by atoms with Crippen LogP contribution in [0.15, 0.2) is 24.3 Å². The predicted octanol–water partition coefficient (Wildman–Crippen LogP) is 0.228. The summed E-state index contributed by atoms with van der Waals surface area (Å²) in [5.74, 6) is -3.65. The molecule has 0 saturated carbocycles. The molecular formula is C15H22N2O6S. The van der Waals surface area contributed by atoms with Crippen LogP contribution in [-0.2, 0) is 26.2 Å². The molecule has 1 saturated heterocycles. The number of aryl methyl sites for hydroxylation is 1. The van der Waals surface area contributed by atoms with Crippen LogP contribution in [0.1, 0.15) is 11.1 Å². The second-order valence-electron chi connectivity index (χ2n) is 5.54. The number of hydrogen-bond acceptors (Lipinski definition) is 5. The number of carboxylic acids is 2. The maximum Gasteiger partial charge on any atom is 0.414 e. The van der Waals surface area contributed by atoms with Gasteiger partial charge in [-0.3, -0.25) is 4.90 Å². The van der Waals surface area contributed by atoms with Gasteiger partial charge in [-0.05, 0) is 12.5 Å². The molecule has 0 aliphatic carbocycles. The molecule has 0 bridgehead atoms. The Morgan fingerprint density at radius 3 is 2.04 bits per heavy atom. The number of sulfonamides is 1. The Bertz CT molecular complexity index is 669. The first-order valence-corrected chi connectivity index (χ1v) is 9.13. The zero-order valence-corrected chi connectivity index (χ0v) is 14.5. The molecule has 24 heavy (non-hydrogen) atoms. The van der Waals surface area contributed by atoms with Crippen LogP contribution in [0.25, 0.3) is 0 Å². The minimum atomic E-state index is -3.02. The minimum Gasteiger partial charge on any atom is -0.473 e. The summed E-state index contributed by atoms with van der Waals surface area (Å²) < 4.78 is 24.4.